The van der Waals surface area contributed by atoms with Crippen molar-refractivity contribution in [2.75, 3.05) is 0 Å². The molecule has 0 saturated carbocycles. The molecule has 18 heavy (non-hydrogen) atoms. The SMILES string of the molecule is Cc1csc(CNC(=O)c2cccc(C)c2Br)n1. The fourth-order valence-electron chi connectivity index (χ4n) is 1.56. The summed E-state index contributed by atoms with van der Waals surface area (Å²) >= 11 is 4.99. The normalized spacial score (nSPS) is 10.4. The standard InChI is InChI=1S/C13H13BrN2OS/c1-8-4-3-5-10(12(8)14)13(17)15-6-11-16-9(2)7-18-11/h3-5,7H,6H2,1-2H3,(H,15,17). The topological polar surface area (TPSA) is 42.0 Å². The maximum atomic E-state index is 12.0. The van der Waals surface area contributed by atoms with Crippen molar-refractivity contribution in [1.82, 2.24) is 10.3 Å². The first-order valence-corrected chi connectivity index (χ1v) is 7.19. The van der Waals surface area contributed by atoms with E-state index in [2.05, 4.69) is 26.2 Å². The second-order valence-electron chi connectivity index (χ2n) is 4.00. The summed E-state index contributed by atoms with van der Waals surface area (Å²) in [6, 6.07) is 5.65. The lowest BCUT2D eigenvalue weighted by Crippen LogP contribution is -2.23. The zero-order valence-corrected chi connectivity index (χ0v) is 12.6. The van der Waals surface area contributed by atoms with Crippen LogP contribution in [-0.4, -0.2) is 10.9 Å². The molecule has 0 spiro atoms. The number of rotatable bonds is 3. The number of carbonyl (C=O) groups excluding carboxylic acids is 1. The third-order valence-corrected chi connectivity index (χ3v) is 4.52. The van der Waals surface area contributed by atoms with Gasteiger partial charge in [0.25, 0.3) is 5.91 Å². The largest absolute Gasteiger partial charge is 0.345 e. The van der Waals surface area contributed by atoms with E-state index in [1.165, 1.54) is 0 Å². The van der Waals surface area contributed by atoms with Gasteiger partial charge in [0.05, 0.1) is 12.1 Å². The number of benzene rings is 1. The molecule has 5 heteroatoms. The minimum atomic E-state index is -0.0848. The Balaban J connectivity index is 2.06. The highest BCUT2D eigenvalue weighted by atomic mass is 79.9. The number of hydrogen-bond acceptors (Lipinski definition) is 3. The van der Waals surface area contributed by atoms with E-state index in [0.717, 1.165) is 20.7 Å². The second kappa shape index (κ2) is 5.63. The van der Waals surface area contributed by atoms with E-state index in [1.807, 2.05) is 31.4 Å². The van der Waals surface area contributed by atoms with Gasteiger partial charge in [-0.1, -0.05) is 12.1 Å². The highest BCUT2D eigenvalue weighted by Gasteiger charge is 2.11. The highest BCUT2D eigenvalue weighted by Crippen LogP contribution is 2.21. The van der Waals surface area contributed by atoms with Crippen LogP contribution >= 0.6 is 27.3 Å². The van der Waals surface area contributed by atoms with Crippen LogP contribution in [0.4, 0.5) is 0 Å². The monoisotopic (exact) mass is 324 g/mol. The zero-order chi connectivity index (χ0) is 13.1. The van der Waals surface area contributed by atoms with Crippen LogP contribution in [0.5, 0.6) is 0 Å². The maximum absolute atomic E-state index is 12.0. The van der Waals surface area contributed by atoms with Crippen LogP contribution in [0.2, 0.25) is 0 Å². The van der Waals surface area contributed by atoms with E-state index in [4.69, 9.17) is 0 Å². The molecule has 0 fully saturated rings. The number of aryl methyl sites for hydroxylation is 2. The van der Waals surface area contributed by atoms with Crippen molar-refractivity contribution in [2.24, 2.45) is 0 Å². The van der Waals surface area contributed by atoms with E-state index in [9.17, 15) is 4.79 Å². The van der Waals surface area contributed by atoms with Crippen LogP contribution in [-0.2, 0) is 6.54 Å². The highest BCUT2D eigenvalue weighted by molar-refractivity contribution is 9.10. The van der Waals surface area contributed by atoms with Gasteiger partial charge in [-0.15, -0.1) is 11.3 Å². The summed E-state index contributed by atoms with van der Waals surface area (Å²) in [6.07, 6.45) is 0. The van der Waals surface area contributed by atoms with Crippen LogP contribution in [0, 0.1) is 13.8 Å². The molecular weight excluding hydrogens is 312 g/mol. The number of carbonyl (C=O) groups is 1. The summed E-state index contributed by atoms with van der Waals surface area (Å²) in [5.41, 5.74) is 2.69. The molecule has 1 heterocycles. The molecule has 0 aliphatic carbocycles. The van der Waals surface area contributed by atoms with Gasteiger partial charge in [0.1, 0.15) is 5.01 Å². The number of aromatic nitrogens is 1. The average molecular weight is 325 g/mol. The van der Waals surface area contributed by atoms with Crippen LogP contribution in [0.1, 0.15) is 26.6 Å². The number of nitrogens with zero attached hydrogens (tertiary/aromatic N) is 1. The molecule has 1 N–H and O–H groups in total. The molecule has 0 aliphatic rings. The van der Waals surface area contributed by atoms with E-state index in [0.29, 0.717) is 12.1 Å². The van der Waals surface area contributed by atoms with Crippen molar-refractivity contribution in [3.63, 3.8) is 0 Å². The summed E-state index contributed by atoms with van der Waals surface area (Å²) in [7, 11) is 0. The van der Waals surface area contributed by atoms with Gasteiger partial charge in [-0.3, -0.25) is 4.79 Å². The lowest BCUT2D eigenvalue weighted by Gasteiger charge is -2.07. The van der Waals surface area contributed by atoms with E-state index < -0.39 is 0 Å². The molecule has 1 aromatic heterocycles. The Bertz CT molecular complexity index is 580. The molecule has 0 bridgehead atoms. The van der Waals surface area contributed by atoms with Gasteiger partial charge in [0.2, 0.25) is 0 Å². The predicted molar refractivity (Wildman–Crippen MR) is 76.9 cm³/mol. The summed E-state index contributed by atoms with van der Waals surface area (Å²) in [5, 5.41) is 5.77. The van der Waals surface area contributed by atoms with Crippen LogP contribution in [0.15, 0.2) is 28.1 Å². The Morgan fingerprint density at radius 3 is 2.89 bits per heavy atom. The molecule has 1 aromatic carbocycles. The van der Waals surface area contributed by atoms with Gasteiger partial charge >= 0.3 is 0 Å². The smallest absolute Gasteiger partial charge is 0.252 e. The zero-order valence-electron chi connectivity index (χ0n) is 10.2. The Morgan fingerprint density at radius 1 is 1.44 bits per heavy atom. The van der Waals surface area contributed by atoms with E-state index >= 15 is 0 Å². The van der Waals surface area contributed by atoms with E-state index in [1.54, 1.807) is 17.4 Å². The van der Waals surface area contributed by atoms with E-state index in [-0.39, 0.29) is 5.91 Å². The van der Waals surface area contributed by atoms with Gasteiger partial charge in [0, 0.05) is 15.5 Å². The van der Waals surface area contributed by atoms with Crippen molar-refractivity contribution in [3.05, 3.63) is 49.9 Å². The first kappa shape index (κ1) is 13.2. The minimum absolute atomic E-state index is 0.0848. The molecule has 2 aromatic rings. The molecular formula is C13H13BrN2OS. The second-order valence-corrected chi connectivity index (χ2v) is 5.74. The Hall–Kier alpha value is -1.20. The summed E-state index contributed by atoms with van der Waals surface area (Å²) in [4.78, 5) is 16.3. The molecule has 3 nitrogen and oxygen atoms in total. The summed E-state index contributed by atoms with van der Waals surface area (Å²) in [5.74, 6) is -0.0848. The Kier molecular flexibility index (Phi) is 4.14. The van der Waals surface area contributed by atoms with Crippen LogP contribution in [0.25, 0.3) is 0 Å². The van der Waals surface area contributed by atoms with Crippen molar-refractivity contribution < 1.29 is 4.79 Å². The van der Waals surface area contributed by atoms with Crippen molar-refractivity contribution in [1.29, 1.82) is 0 Å². The molecule has 94 valence electrons. The molecule has 0 atom stereocenters. The molecule has 0 saturated heterocycles. The van der Waals surface area contributed by atoms with Crippen molar-refractivity contribution in [3.8, 4) is 0 Å². The number of halogens is 1. The summed E-state index contributed by atoms with van der Waals surface area (Å²) in [6.45, 7) is 4.38. The van der Waals surface area contributed by atoms with Crippen LogP contribution < -0.4 is 5.32 Å². The fraction of sp³-hybridized carbons (Fsp3) is 0.231. The quantitative estimate of drug-likeness (QED) is 0.939. The maximum Gasteiger partial charge on any atom is 0.252 e. The van der Waals surface area contributed by atoms with Crippen LogP contribution in [0.3, 0.4) is 0 Å². The third kappa shape index (κ3) is 2.97. The fourth-order valence-corrected chi connectivity index (χ4v) is 2.71. The first-order valence-electron chi connectivity index (χ1n) is 5.52. The number of hydrogen-bond donors (Lipinski definition) is 1. The third-order valence-electron chi connectivity index (χ3n) is 2.50. The van der Waals surface area contributed by atoms with Gasteiger partial charge in [-0.05, 0) is 41.4 Å². The van der Waals surface area contributed by atoms with Gasteiger partial charge < -0.3 is 5.32 Å². The predicted octanol–water partition coefficient (Wildman–Crippen LogP) is 3.45. The Labute approximate surface area is 118 Å². The van der Waals surface area contributed by atoms with Gasteiger partial charge in [0.15, 0.2) is 0 Å². The number of thiazole rings is 1. The molecule has 2 rings (SSSR count). The molecule has 0 radical (unpaired) electrons. The lowest BCUT2D eigenvalue weighted by molar-refractivity contribution is 0.0950. The molecule has 1 amide bonds. The van der Waals surface area contributed by atoms with Gasteiger partial charge in [-0.2, -0.15) is 0 Å². The average Bonchev–Trinajstić information content (AvgIpc) is 2.76. The minimum Gasteiger partial charge on any atom is -0.345 e. The number of nitrogens with one attached hydrogen (secondary N) is 1. The summed E-state index contributed by atoms with van der Waals surface area (Å²) < 4.78 is 0.845. The van der Waals surface area contributed by atoms with Gasteiger partial charge in [-0.25, -0.2) is 4.98 Å². The first-order chi connectivity index (χ1) is 8.58. The van der Waals surface area contributed by atoms with Crippen molar-refractivity contribution in [2.45, 2.75) is 20.4 Å². The Morgan fingerprint density at radius 2 is 2.22 bits per heavy atom. The van der Waals surface area contributed by atoms with Crippen molar-refractivity contribution >= 4 is 33.2 Å². The lowest BCUT2D eigenvalue weighted by atomic mass is 10.1. The molecule has 0 unspecified atom stereocenters. The molecule has 0 aliphatic heterocycles. The number of amides is 1.